The number of hydrogen-bond donors (Lipinski definition) is 2. The largest absolute Gasteiger partial charge is 0.387 e. The van der Waals surface area contributed by atoms with E-state index in [0.717, 1.165) is 28.0 Å². The predicted octanol–water partition coefficient (Wildman–Crippen LogP) is 3.07. The maximum atomic E-state index is 11.0. The molecule has 0 bridgehead atoms. The molecule has 0 radical (unpaired) electrons. The van der Waals surface area contributed by atoms with Gasteiger partial charge < -0.3 is 10.7 Å². The molecule has 0 fully saturated rings. The van der Waals surface area contributed by atoms with Gasteiger partial charge in [0.25, 0.3) is 0 Å². The number of nitrogens with zero attached hydrogens (tertiary/aromatic N) is 2. The summed E-state index contributed by atoms with van der Waals surface area (Å²) in [4.78, 5) is 23.1. The Kier molecular flexibility index (Phi) is 4.19. The Morgan fingerprint density at radius 2 is 1.91 bits per heavy atom. The van der Waals surface area contributed by atoms with Gasteiger partial charge in [0.1, 0.15) is 17.4 Å². The van der Waals surface area contributed by atoms with Crippen LogP contribution >= 0.6 is 0 Å². The van der Waals surface area contributed by atoms with Crippen LogP contribution in [0.25, 0.3) is 22.4 Å². The number of nitrogens with two attached hydrogens (primary N) is 1. The molecule has 23 heavy (non-hydrogen) atoms. The number of hydrogen-bond acceptors (Lipinski definition) is 3. The fourth-order valence-electron chi connectivity index (χ4n) is 2.36. The molecule has 0 aliphatic carbocycles. The highest BCUT2D eigenvalue weighted by atomic mass is 16.1. The maximum Gasteiger partial charge on any atom is 0.138 e. The minimum Gasteiger partial charge on any atom is -0.387 e. The first-order valence-electron chi connectivity index (χ1n) is 7.44. The van der Waals surface area contributed by atoms with Crippen molar-refractivity contribution in [3.8, 4) is 11.4 Å². The molecule has 3 aromatic rings. The number of fused-ring (bicyclic) bond motifs is 1. The standard InChI is InChI=1S/C18H18N4O/c1-12(23)10-17(19)20-11-13-6-8-14(9-7-13)18-21-15-4-2-3-5-16(15)22-18/h2-9H,10-11H2,1H3,(H2,19,20)(H,21,22). The van der Waals surface area contributed by atoms with Crippen molar-refractivity contribution in [3.63, 3.8) is 0 Å². The lowest BCUT2D eigenvalue weighted by atomic mass is 10.1. The third kappa shape index (κ3) is 3.63. The molecular formula is C18H18N4O. The summed E-state index contributed by atoms with van der Waals surface area (Å²) in [5, 5.41) is 0. The summed E-state index contributed by atoms with van der Waals surface area (Å²) < 4.78 is 0. The van der Waals surface area contributed by atoms with Crippen molar-refractivity contribution in [1.82, 2.24) is 9.97 Å². The molecule has 0 unspecified atom stereocenters. The van der Waals surface area contributed by atoms with Gasteiger partial charge in [-0.25, -0.2) is 4.98 Å². The van der Waals surface area contributed by atoms with Crippen LogP contribution in [0.5, 0.6) is 0 Å². The molecule has 0 saturated heterocycles. The molecule has 3 N–H and O–H groups in total. The molecule has 5 nitrogen and oxygen atoms in total. The number of nitrogens with one attached hydrogen (secondary N) is 1. The fourth-order valence-corrected chi connectivity index (χ4v) is 2.36. The first kappa shape index (κ1) is 15.0. The molecule has 116 valence electrons. The predicted molar refractivity (Wildman–Crippen MR) is 92.2 cm³/mol. The SMILES string of the molecule is CC(=O)CC(N)=NCc1ccc(-c2nc3ccccc3[nH]2)cc1. The summed E-state index contributed by atoms with van der Waals surface area (Å²) in [6.45, 7) is 1.98. The number of carbonyl (C=O) groups excluding carboxylic acids is 1. The number of aliphatic imine (C=N–C) groups is 1. The van der Waals surface area contributed by atoms with E-state index in [9.17, 15) is 4.79 Å². The van der Waals surface area contributed by atoms with Crippen LogP contribution in [0, 0.1) is 0 Å². The monoisotopic (exact) mass is 306 g/mol. The number of H-pyrrole nitrogens is 1. The van der Waals surface area contributed by atoms with Crippen LogP contribution in [0.4, 0.5) is 0 Å². The Morgan fingerprint density at radius 1 is 1.17 bits per heavy atom. The van der Waals surface area contributed by atoms with Crippen LogP contribution in [-0.4, -0.2) is 21.6 Å². The van der Waals surface area contributed by atoms with E-state index in [0.29, 0.717) is 12.4 Å². The summed E-state index contributed by atoms with van der Waals surface area (Å²) in [6.07, 6.45) is 0.205. The van der Waals surface area contributed by atoms with E-state index in [4.69, 9.17) is 5.73 Å². The fraction of sp³-hybridized carbons (Fsp3) is 0.167. The summed E-state index contributed by atoms with van der Waals surface area (Å²) in [7, 11) is 0. The van der Waals surface area contributed by atoms with Gasteiger partial charge >= 0.3 is 0 Å². The van der Waals surface area contributed by atoms with Crippen molar-refractivity contribution in [2.24, 2.45) is 10.7 Å². The van der Waals surface area contributed by atoms with Gasteiger partial charge in [0.2, 0.25) is 0 Å². The first-order chi connectivity index (χ1) is 11.1. The van der Waals surface area contributed by atoms with E-state index in [2.05, 4.69) is 15.0 Å². The lowest BCUT2D eigenvalue weighted by Crippen LogP contribution is -2.15. The highest BCUT2D eigenvalue weighted by Gasteiger charge is 2.05. The number of aromatic nitrogens is 2. The molecule has 1 heterocycles. The quantitative estimate of drug-likeness (QED) is 0.561. The van der Waals surface area contributed by atoms with Crippen LogP contribution < -0.4 is 5.73 Å². The normalized spacial score (nSPS) is 11.8. The van der Waals surface area contributed by atoms with Crippen molar-refractivity contribution < 1.29 is 4.79 Å². The number of Topliss-reactive ketones (excluding diaryl/α,β-unsaturated/α-hetero) is 1. The average molecular weight is 306 g/mol. The van der Waals surface area contributed by atoms with E-state index in [1.807, 2.05) is 48.5 Å². The molecule has 0 aliphatic rings. The molecule has 2 aromatic carbocycles. The van der Waals surface area contributed by atoms with E-state index in [-0.39, 0.29) is 12.2 Å². The van der Waals surface area contributed by atoms with Crippen LogP contribution in [0.2, 0.25) is 0 Å². The van der Waals surface area contributed by atoms with Gasteiger partial charge in [-0.2, -0.15) is 0 Å². The summed E-state index contributed by atoms with van der Waals surface area (Å²) in [6, 6.07) is 15.9. The van der Waals surface area contributed by atoms with Crippen LogP contribution in [0.15, 0.2) is 53.5 Å². The highest BCUT2D eigenvalue weighted by molar-refractivity contribution is 5.98. The van der Waals surface area contributed by atoms with Gasteiger partial charge in [0.05, 0.1) is 24.0 Å². The summed E-state index contributed by atoms with van der Waals surface area (Å²) in [5.74, 6) is 1.24. The van der Waals surface area contributed by atoms with Gasteiger partial charge in [-0.15, -0.1) is 0 Å². The number of imidazole rings is 1. The zero-order chi connectivity index (χ0) is 16.2. The topological polar surface area (TPSA) is 84.1 Å². The Balaban J connectivity index is 1.75. The number of benzene rings is 2. The number of aromatic amines is 1. The number of carbonyl (C=O) groups is 1. The Labute approximate surface area is 134 Å². The smallest absolute Gasteiger partial charge is 0.138 e. The molecule has 0 spiro atoms. The molecule has 5 heteroatoms. The van der Waals surface area contributed by atoms with Crippen LogP contribution in [0.3, 0.4) is 0 Å². The summed E-state index contributed by atoms with van der Waals surface area (Å²) >= 11 is 0. The molecule has 1 aromatic heterocycles. The minimum atomic E-state index is 0.0199. The molecule has 0 atom stereocenters. The number of amidine groups is 1. The lowest BCUT2D eigenvalue weighted by molar-refractivity contribution is -0.115. The van der Waals surface area contributed by atoms with Crippen molar-refractivity contribution in [2.45, 2.75) is 19.9 Å². The van der Waals surface area contributed by atoms with Gasteiger partial charge in [0, 0.05) is 5.56 Å². The Bertz CT molecular complexity index is 829. The Morgan fingerprint density at radius 3 is 2.61 bits per heavy atom. The van der Waals surface area contributed by atoms with E-state index in [1.54, 1.807) is 0 Å². The average Bonchev–Trinajstić information content (AvgIpc) is 2.97. The lowest BCUT2D eigenvalue weighted by Gasteiger charge is -2.01. The zero-order valence-electron chi connectivity index (χ0n) is 12.9. The number of para-hydroxylation sites is 2. The van der Waals surface area contributed by atoms with Crippen LogP contribution in [0.1, 0.15) is 18.9 Å². The summed E-state index contributed by atoms with van der Waals surface area (Å²) in [5.41, 5.74) is 9.73. The van der Waals surface area contributed by atoms with E-state index >= 15 is 0 Å². The second-order valence-corrected chi connectivity index (χ2v) is 5.49. The van der Waals surface area contributed by atoms with Crippen molar-refractivity contribution in [3.05, 3.63) is 54.1 Å². The van der Waals surface area contributed by atoms with Crippen LogP contribution in [-0.2, 0) is 11.3 Å². The second kappa shape index (κ2) is 6.44. The van der Waals surface area contributed by atoms with Gasteiger partial charge in [-0.1, -0.05) is 36.4 Å². The van der Waals surface area contributed by atoms with Gasteiger partial charge in [-0.3, -0.25) is 9.79 Å². The molecule has 0 saturated carbocycles. The van der Waals surface area contributed by atoms with Crippen molar-refractivity contribution in [1.29, 1.82) is 0 Å². The molecule has 0 aliphatic heterocycles. The van der Waals surface area contributed by atoms with Gasteiger partial charge in [-0.05, 0) is 24.6 Å². The van der Waals surface area contributed by atoms with E-state index in [1.165, 1.54) is 6.92 Å². The third-order valence-electron chi connectivity index (χ3n) is 3.51. The van der Waals surface area contributed by atoms with Crippen molar-refractivity contribution in [2.75, 3.05) is 0 Å². The minimum absolute atomic E-state index is 0.0199. The van der Waals surface area contributed by atoms with E-state index < -0.39 is 0 Å². The number of ketones is 1. The highest BCUT2D eigenvalue weighted by Crippen LogP contribution is 2.20. The number of rotatable bonds is 5. The van der Waals surface area contributed by atoms with Crippen molar-refractivity contribution >= 4 is 22.7 Å². The third-order valence-corrected chi connectivity index (χ3v) is 3.51. The zero-order valence-corrected chi connectivity index (χ0v) is 12.9. The molecule has 3 rings (SSSR count). The first-order valence-corrected chi connectivity index (χ1v) is 7.44. The maximum absolute atomic E-state index is 11.0. The molecule has 0 amide bonds. The Hall–Kier alpha value is -2.95. The molecular weight excluding hydrogens is 288 g/mol. The second-order valence-electron chi connectivity index (χ2n) is 5.49. The van der Waals surface area contributed by atoms with Gasteiger partial charge in [0.15, 0.2) is 0 Å².